The lowest BCUT2D eigenvalue weighted by Gasteiger charge is -2.34. The minimum Gasteiger partial charge on any atom is -0.439 e. The number of benzene rings is 1. The Morgan fingerprint density at radius 2 is 1.86 bits per heavy atom. The van der Waals surface area contributed by atoms with Crippen molar-refractivity contribution in [3.05, 3.63) is 60.1 Å². The van der Waals surface area contributed by atoms with Crippen LogP contribution in [0.25, 0.3) is 11.3 Å². The second-order valence-corrected chi connectivity index (χ2v) is 7.30. The third-order valence-electron chi connectivity index (χ3n) is 4.96. The molecule has 1 fully saturated rings. The van der Waals surface area contributed by atoms with Crippen molar-refractivity contribution in [2.75, 3.05) is 31.1 Å². The van der Waals surface area contributed by atoms with E-state index in [4.69, 9.17) is 4.42 Å². The Kier molecular flexibility index (Phi) is 5.34. The van der Waals surface area contributed by atoms with E-state index >= 15 is 0 Å². The maximum atomic E-state index is 13.9. The van der Waals surface area contributed by atoms with E-state index in [0.717, 1.165) is 37.8 Å². The van der Waals surface area contributed by atoms with Gasteiger partial charge < -0.3 is 9.32 Å². The van der Waals surface area contributed by atoms with Gasteiger partial charge in [-0.1, -0.05) is 26.0 Å². The highest BCUT2D eigenvalue weighted by Crippen LogP contribution is 2.24. The molecular formula is C21H24FN5O. The zero-order valence-corrected chi connectivity index (χ0v) is 16.2. The fourth-order valence-corrected chi connectivity index (χ4v) is 3.30. The van der Waals surface area contributed by atoms with Crippen LogP contribution in [0.15, 0.2) is 47.1 Å². The van der Waals surface area contributed by atoms with Gasteiger partial charge in [0.1, 0.15) is 5.82 Å². The maximum Gasteiger partial charge on any atom is 0.225 e. The molecule has 3 heterocycles. The minimum atomic E-state index is -0.303. The molecule has 6 nitrogen and oxygen atoms in total. The van der Waals surface area contributed by atoms with E-state index in [1.165, 1.54) is 6.07 Å². The predicted molar refractivity (Wildman–Crippen MR) is 106 cm³/mol. The topological polar surface area (TPSA) is 58.3 Å². The molecule has 1 aliphatic rings. The van der Waals surface area contributed by atoms with Crippen molar-refractivity contribution in [2.24, 2.45) is 0 Å². The molecule has 7 heteroatoms. The summed E-state index contributed by atoms with van der Waals surface area (Å²) in [5.41, 5.74) is 1.50. The van der Waals surface area contributed by atoms with Crippen molar-refractivity contribution >= 4 is 5.95 Å². The van der Waals surface area contributed by atoms with E-state index in [9.17, 15) is 4.39 Å². The molecule has 0 N–H and O–H groups in total. The summed E-state index contributed by atoms with van der Waals surface area (Å²) < 4.78 is 19.7. The number of halogens is 1. The fraction of sp³-hybridized carbons (Fsp3) is 0.381. The van der Waals surface area contributed by atoms with Crippen LogP contribution in [0.5, 0.6) is 0 Å². The van der Waals surface area contributed by atoms with Gasteiger partial charge in [-0.2, -0.15) is 0 Å². The third kappa shape index (κ3) is 4.04. The second kappa shape index (κ2) is 8.06. The Labute approximate surface area is 164 Å². The van der Waals surface area contributed by atoms with Crippen LogP contribution in [0.3, 0.4) is 0 Å². The molecule has 1 saturated heterocycles. The Bertz CT molecular complexity index is 934. The lowest BCUT2D eigenvalue weighted by Crippen LogP contribution is -2.46. The van der Waals surface area contributed by atoms with Gasteiger partial charge >= 0.3 is 0 Å². The lowest BCUT2D eigenvalue weighted by molar-refractivity contribution is 0.226. The van der Waals surface area contributed by atoms with Gasteiger partial charge in [-0.15, -0.1) is 0 Å². The number of hydrogen-bond acceptors (Lipinski definition) is 6. The molecule has 28 heavy (non-hydrogen) atoms. The highest BCUT2D eigenvalue weighted by Gasteiger charge is 2.21. The van der Waals surface area contributed by atoms with Crippen LogP contribution in [0, 0.1) is 5.82 Å². The molecule has 0 aliphatic carbocycles. The number of hydrogen-bond donors (Lipinski definition) is 0. The van der Waals surface area contributed by atoms with Gasteiger partial charge in [-0.05, 0) is 24.1 Å². The van der Waals surface area contributed by atoms with Gasteiger partial charge in [0.25, 0.3) is 0 Å². The summed E-state index contributed by atoms with van der Waals surface area (Å²) in [4.78, 5) is 17.9. The normalized spacial score (nSPS) is 15.4. The lowest BCUT2D eigenvalue weighted by atomic mass is 10.1. The molecular weight excluding hydrogens is 357 g/mol. The average molecular weight is 381 g/mol. The van der Waals surface area contributed by atoms with Crippen molar-refractivity contribution in [2.45, 2.75) is 26.3 Å². The zero-order chi connectivity index (χ0) is 19.5. The van der Waals surface area contributed by atoms with Crippen LogP contribution < -0.4 is 4.90 Å². The zero-order valence-electron chi connectivity index (χ0n) is 16.2. The first kappa shape index (κ1) is 18.6. The number of nitrogens with zero attached hydrogens (tertiary/aromatic N) is 5. The third-order valence-corrected chi connectivity index (χ3v) is 4.96. The van der Waals surface area contributed by atoms with E-state index in [-0.39, 0.29) is 5.82 Å². The summed E-state index contributed by atoms with van der Waals surface area (Å²) in [6.07, 6.45) is 3.43. The Hall–Kier alpha value is -2.80. The molecule has 3 aromatic rings. The summed E-state index contributed by atoms with van der Waals surface area (Å²) in [7, 11) is 0. The first-order valence-corrected chi connectivity index (χ1v) is 9.60. The number of aromatic nitrogens is 3. The maximum absolute atomic E-state index is 13.9. The molecule has 1 aliphatic heterocycles. The SMILES string of the molecule is CC(C)c1ccnc(N2CCN(Cc3ncc(-c4ccccc4F)o3)CC2)n1. The molecule has 4 rings (SSSR count). The standard InChI is InChI=1S/C21H24FN5O/c1-15(2)18-7-8-23-21(25-18)27-11-9-26(10-12-27)14-20-24-13-19(28-20)16-5-3-4-6-17(16)22/h3-8,13,15H,9-12,14H2,1-2H3. The van der Waals surface area contributed by atoms with E-state index in [1.54, 1.807) is 24.4 Å². The van der Waals surface area contributed by atoms with E-state index < -0.39 is 0 Å². The predicted octanol–water partition coefficient (Wildman–Crippen LogP) is 3.72. The summed E-state index contributed by atoms with van der Waals surface area (Å²) >= 11 is 0. The smallest absolute Gasteiger partial charge is 0.225 e. The highest BCUT2D eigenvalue weighted by molar-refractivity contribution is 5.56. The molecule has 0 radical (unpaired) electrons. The van der Waals surface area contributed by atoms with Gasteiger partial charge in [-0.3, -0.25) is 4.90 Å². The Balaban J connectivity index is 1.36. The van der Waals surface area contributed by atoms with Crippen LogP contribution >= 0.6 is 0 Å². The van der Waals surface area contributed by atoms with Crippen LogP contribution in [0.4, 0.5) is 10.3 Å². The second-order valence-electron chi connectivity index (χ2n) is 7.30. The summed E-state index contributed by atoms with van der Waals surface area (Å²) in [5, 5.41) is 0. The van der Waals surface area contributed by atoms with Crippen LogP contribution in [0.1, 0.15) is 31.4 Å². The molecule has 2 aromatic heterocycles. The fourth-order valence-electron chi connectivity index (χ4n) is 3.30. The minimum absolute atomic E-state index is 0.303. The molecule has 0 spiro atoms. The van der Waals surface area contributed by atoms with E-state index in [1.807, 2.05) is 12.3 Å². The first-order chi connectivity index (χ1) is 13.6. The summed E-state index contributed by atoms with van der Waals surface area (Å²) in [5.74, 6) is 1.94. The average Bonchev–Trinajstić information content (AvgIpc) is 3.17. The Morgan fingerprint density at radius 3 is 2.61 bits per heavy atom. The van der Waals surface area contributed by atoms with E-state index in [2.05, 4.69) is 38.6 Å². The Morgan fingerprint density at radius 1 is 1.07 bits per heavy atom. The number of piperazine rings is 1. The van der Waals surface area contributed by atoms with Gasteiger partial charge in [0.2, 0.25) is 11.8 Å². The van der Waals surface area contributed by atoms with Crippen molar-refractivity contribution in [3.8, 4) is 11.3 Å². The number of oxazole rings is 1. The number of anilines is 1. The van der Waals surface area contributed by atoms with Gasteiger partial charge in [0, 0.05) is 38.1 Å². The molecule has 1 aromatic carbocycles. The monoisotopic (exact) mass is 381 g/mol. The van der Waals surface area contributed by atoms with Gasteiger partial charge in [-0.25, -0.2) is 19.3 Å². The van der Waals surface area contributed by atoms with Crippen molar-refractivity contribution in [1.82, 2.24) is 19.9 Å². The molecule has 0 atom stereocenters. The molecule has 0 unspecified atom stereocenters. The van der Waals surface area contributed by atoms with Crippen molar-refractivity contribution < 1.29 is 8.81 Å². The van der Waals surface area contributed by atoms with Crippen molar-refractivity contribution in [3.63, 3.8) is 0 Å². The van der Waals surface area contributed by atoms with Gasteiger partial charge in [0.05, 0.1) is 18.3 Å². The first-order valence-electron chi connectivity index (χ1n) is 9.60. The van der Waals surface area contributed by atoms with Crippen LogP contribution in [0.2, 0.25) is 0 Å². The quantitative estimate of drug-likeness (QED) is 0.671. The molecule has 0 saturated carbocycles. The highest BCUT2D eigenvalue weighted by atomic mass is 19.1. The van der Waals surface area contributed by atoms with Crippen LogP contribution in [-0.2, 0) is 6.54 Å². The van der Waals surface area contributed by atoms with Gasteiger partial charge in [0.15, 0.2) is 5.76 Å². The molecule has 0 amide bonds. The number of rotatable bonds is 5. The van der Waals surface area contributed by atoms with Crippen molar-refractivity contribution in [1.29, 1.82) is 0 Å². The summed E-state index contributed by atoms with van der Waals surface area (Å²) in [6.45, 7) is 8.31. The summed E-state index contributed by atoms with van der Waals surface area (Å²) in [6, 6.07) is 8.54. The van der Waals surface area contributed by atoms with E-state index in [0.29, 0.717) is 29.7 Å². The molecule has 146 valence electrons. The molecule has 0 bridgehead atoms. The van der Waals surface area contributed by atoms with Crippen LogP contribution in [-0.4, -0.2) is 46.0 Å². The largest absolute Gasteiger partial charge is 0.439 e.